The molecule has 0 bridgehead atoms. The Morgan fingerprint density at radius 2 is 1.87 bits per heavy atom. The fraction of sp³-hybridized carbons (Fsp3) is 0.333. The molecule has 0 fully saturated rings. The third-order valence-corrected chi connectivity index (χ3v) is 3.83. The summed E-state index contributed by atoms with van der Waals surface area (Å²) in [6.07, 6.45) is 1.89. The Morgan fingerprint density at radius 1 is 1.13 bits per heavy atom. The highest BCUT2D eigenvalue weighted by Gasteiger charge is 2.11. The summed E-state index contributed by atoms with van der Waals surface area (Å²) in [5.74, 6) is 0.979. The van der Waals surface area contributed by atoms with Gasteiger partial charge in [0, 0.05) is 30.4 Å². The minimum Gasteiger partial charge on any atom is -0.369 e. The Hall–Kier alpha value is -2.40. The summed E-state index contributed by atoms with van der Waals surface area (Å²) in [4.78, 5) is 6.84. The molecule has 5 heteroatoms. The molecule has 120 valence electrons. The van der Waals surface area contributed by atoms with Crippen LogP contribution in [0, 0.1) is 13.8 Å². The van der Waals surface area contributed by atoms with E-state index in [-0.39, 0.29) is 0 Å². The summed E-state index contributed by atoms with van der Waals surface area (Å²) in [6, 6.07) is 10.5. The third-order valence-electron chi connectivity index (χ3n) is 3.83. The van der Waals surface area contributed by atoms with E-state index in [2.05, 4.69) is 65.6 Å². The number of fused-ring (bicyclic) bond motifs is 1. The van der Waals surface area contributed by atoms with Crippen LogP contribution in [0.2, 0.25) is 0 Å². The van der Waals surface area contributed by atoms with Gasteiger partial charge in [0.1, 0.15) is 5.82 Å². The molecule has 0 unspecified atom stereocenters. The molecule has 2 heterocycles. The smallest absolute Gasteiger partial charge is 0.165 e. The van der Waals surface area contributed by atoms with Gasteiger partial charge >= 0.3 is 0 Å². The molecule has 2 aromatic heterocycles. The Morgan fingerprint density at radius 3 is 2.57 bits per heavy atom. The van der Waals surface area contributed by atoms with Gasteiger partial charge in [-0.15, -0.1) is 0 Å². The molecule has 0 radical (unpaired) electrons. The van der Waals surface area contributed by atoms with Crippen molar-refractivity contribution in [3.8, 4) is 11.1 Å². The molecule has 0 aliphatic carbocycles. The number of anilines is 1. The second-order valence-electron chi connectivity index (χ2n) is 6.17. The lowest BCUT2D eigenvalue weighted by Crippen LogP contribution is -2.21. The highest BCUT2D eigenvalue weighted by Crippen LogP contribution is 2.25. The van der Waals surface area contributed by atoms with Crippen LogP contribution in [0.25, 0.3) is 16.8 Å². The lowest BCUT2D eigenvalue weighted by molar-refractivity contribution is 0.425. The van der Waals surface area contributed by atoms with Gasteiger partial charge < -0.3 is 10.2 Å². The average molecular weight is 309 g/mol. The molecule has 0 saturated carbocycles. The highest BCUT2D eigenvalue weighted by molar-refractivity contribution is 5.78. The molecule has 0 saturated heterocycles. The second-order valence-corrected chi connectivity index (χ2v) is 6.17. The molecule has 0 spiro atoms. The van der Waals surface area contributed by atoms with Gasteiger partial charge in [-0.3, -0.25) is 0 Å². The van der Waals surface area contributed by atoms with Crippen molar-refractivity contribution >= 4 is 11.5 Å². The second kappa shape index (κ2) is 6.38. The largest absolute Gasteiger partial charge is 0.369 e. The first kappa shape index (κ1) is 15.5. The molecule has 0 amide bonds. The number of hydrogen-bond donors (Lipinski definition) is 1. The molecule has 3 aromatic rings. The zero-order valence-electron chi connectivity index (χ0n) is 14.2. The maximum absolute atomic E-state index is 4.69. The van der Waals surface area contributed by atoms with Crippen LogP contribution in [-0.2, 0) is 0 Å². The molecular formula is C18H23N5. The van der Waals surface area contributed by atoms with Gasteiger partial charge in [0.2, 0.25) is 0 Å². The molecule has 3 rings (SSSR count). The van der Waals surface area contributed by atoms with E-state index in [0.29, 0.717) is 0 Å². The number of rotatable bonds is 5. The van der Waals surface area contributed by atoms with E-state index in [0.717, 1.165) is 41.4 Å². The maximum atomic E-state index is 4.69. The van der Waals surface area contributed by atoms with Crippen LogP contribution in [-0.4, -0.2) is 46.7 Å². The van der Waals surface area contributed by atoms with Crippen molar-refractivity contribution in [3.63, 3.8) is 0 Å². The Balaban J connectivity index is 1.99. The average Bonchev–Trinajstić information content (AvgIpc) is 2.91. The summed E-state index contributed by atoms with van der Waals surface area (Å²) in [5, 5.41) is 7.99. The molecule has 0 aliphatic rings. The predicted octanol–water partition coefficient (Wildman–Crippen LogP) is 2.99. The zero-order valence-corrected chi connectivity index (χ0v) is 14.2. The maximum Gasteiger partial charge on any atom is 0.165 e. The monoisotopic (exact) mass is 309 g/mol. The topological polar surface area (TPSA) is 45.5 Å². The Bertz CT molecular complexity index is 802. The summed E-state index contributed by atoms with van der Waals surface area (Å²) in [5.41, 5.74) is 5.33. The van der Waals surface area contributed by atoms with Crippen LogP contribution >= 0.6 is 0 Å². The number of nitrogens with one attached hydrogen (secondary N) is 1. The number of aryl methyl sites for hydroxylation is 2. The molecule has 0 aliphatic heterocycles. The van der Waals surface area contributed by atoms with Crippen LogP contribution in [0.3, 0.4) is 0 Å². The number of aromatic nitrogens is 3. The Labute approximate surface area is 137 Å². The molecule has 1 aromatic carbocycles. The third kappa shape index (κ3) is 3.35. The minimum absolute atomic E-state index is 0.866. The van der Waals surface area contributed by atoms with Crippen molar-refractivity contribution in [1.29, 1.82) is 0 Å². The Kier molecular flexibility index (Phi) is 4.30. The van der Waals surface area contributed by atoms with E-state index in [1.807, 2.05) is 23.7 Å². The fourth-order valence-corrected chi connectivity index (χ4v) is 2.55. The van der Waals surface area contributed by atoms with Crippen LogP contribution in [0.4, 0.5) is 5.82 Å². The molecule has 0 atom stereocenters. The highest BCUT2D eigenvalue weighted by atomic mass is 15.3. The van der Waals surface area contributed by atoms with Crippen LogP contribution < -0.4 is 5.32 Å². The van der Waals surface area contributed by atoms with Crippen molar-refractivity contribution in [2.45, 2.75) is 13.8 Å². The number of hydrogen-bond acceptors (Lipinski definition) is 4. The van der Waals surface area contributed by atoms with Gasteiger partial charge in [0.25, 0.3) is 0 Å². The van der Waals surface area contributed by atoms with Crippen LogP contribution in [0.5, 0.6) is 0 Å². The van der Waals surface area contributed by atoms with E-state index >= 15 is 0 Å². The standard InChI is InChI=1S/C18H23N5/c1-13-5-7-15(8-6-13)16-12-20-23-17(19-9-10-22(3)4)11-14(2)21-18(16)23/h5-8,11-12,19H,9-10H2,1-4H3. The first-order valence-corrected chi connectivity index (χ1v) is 7.85. The lowest BCUT2D eigenvalue weighted by atomic mass is 10.1. The quantitative estimate of drug-likeness (QED) is 0.787. The summed E-state index contributed by atoms with van der Waals surface area (Å²) in [6.45, 7) is 5.94. The minimum atomic E-state index is 0.866. The molecule has 23 heavy (non-hydrogen) atoms. The fourth-order valence-electron chi connectivity index (χ4n) is 2.55. The molecule has 1 N–H and O–H groups in total. The van der Waals surface area contributed by atoms with Gasteiger partial charge in [-0.2, -0.15) is 9.61 Å². The van der Waals surface area contributed by atoms with Crippen LogP contribution in [0.15, 0.2) is 36.5 Å². The van der Waals surface area contributed by atoms with Gasteiger partial charge in [-0.25, -0.2) is 4.98 Å². The van der Waals surface area contributed by atoms with E-state index in [1.165, 1.54) is 5.56 Å². The number of likely N-dealkylation sites (N-methyl/N-ethyl adjacent to an activating group) is 1. The van der Waals surface area contributed by atoms with E-state index < -0.39 is 0 Å². The van der Waals surface area contributed by atoms with E-state index in [1.54, 1.807) is 0 Å². The molecular weight excluding hydrogens is 286 g/mol. The normalized spacial score (nSPS) is 11.3. The van der Waals surface area contributed by atoms with Gasteiger partial charge in [0.15, 0.2) is 5.65 Å². The van der Waals surface area contributed by atoms with Crippen molar-refractivity contribution in [3.05, 3.63) is 47.8 Å². The van der Waals surface area contributed by atoms with Gasteiger partial charge in [0.05, 0.1) is 6.20 Å². The first-order chi connectivity index (χ1) is 11.0. The summed E-state index contributed by atoms with van der Waals surface area (Å²) >= 11 is 0. The van der Waals surface area contributed by atoms with Crippen molar-refractivity contribution < 1.29 is 0 Å². The van der Waals surface area contributed by atoms with Gasteiger partial charge in [-0.1, -0.05) is 29.8 Å². The van der Waals surface area contributed by atoms with Crippen molar-refractivity contribution in [2.24, 2.45) is 0 Å². The van der Waals surface area contributed by atoms with Crippen molar-refractivity contribution in [2.75, 3.05) is 32.5 Å². The van der Waals surface area contributed by atoms with E-state index in [4.69, 9.17) is 0 Å². The lowest BCUT2D eigenvalue weighted by Gasteiger charge is -2.13. The van der Waals surface area contributed by atoms with Crippen LogP contribution in [0.1, 0.15) is 11.3 Å². The number of nitrogens with zero attached hydrogens (tertiary/aromatic N) is 4. The SMILES string of the molecule is Cc1ccc(-c2cnn3c(NCCN(C)C)cc(C)nc23)cc1. The first-order valence-electron chi connectivity index (χ1n) is 7.85. The molecule has 5 nitrogen and oxygen atoms in total. The van der Waals surface area contributed by atoms with Crippen molar-refractivity contribution in [1.82, 2.24) is 19.5 Å². The van der Waals surface area contributed by atoms with E-state index in [9.17, 15) is 0 Å². The zero-order chi connectivity index (χ0) is 16.4. The summed E-state index contributed by atoms with van der Waals surface area (Å²) < 4.78 is 1.89. The predicted molar refractivity (Wildman–Crippen MR) is 94.9 cm³/mol. The summed E-state index contributed by atoms with van der Waals surface area (Å²) in [7, 11) is 4.14. The van der Waals surface area contributed by atoms with Gasteiger partial charge in [-0.05, 0) is 33.5 Å². The number of benzene rings is 1.